The first-order chi connectivity index (χ1) is 10.3. The van der Waals surface area contributed by atoms with Crippen LogP contribution in [-0.4, -0.2) is 15.0 Å². The summed E-state index contributed by atoms with van der Waals surface area (Å²) in [6, 6.07) is 6.21. The lowest BCUT2D eigenvalue weighted by Gasteiger charge is -2.08. The van der Waals surface area contributed by atoms with Gasteiger partial charge in [-0.15, -0.1) is 23.7 Å². The summed E-state index contributed by atoms with van der Waals surface area (Å²) >= 11 is 1.76. The number of pyridine rings is 1. The van der Waals surface area contributed by atoms with Crippen molar-refractivity contribution in [3.05, 3.63) is 46.9 Å². The van der Waals surface area contributed by atoms with E-state index in [0.717, 1.165) is 46.8 Å². The van der Waals surface area contributed by atoms with Crippen LogP contribution in [0, 0.1) is 0 Å². The van der Waals surface area contributed by atoms with E-state index in [4.69, 9.17) is 0 Å². The van der Waals surface area contributed by atoms with E-state index in [1.807, 2.05) is 12.3 Å². The second-order valence-electron chi connectivity index (χ2n) is 4.84. The molecule has 0 amide bonds. The van der Waals surface area contributed by atoms with Crippen LogP contribution < -0.4 is 5.32 Å². The molecule has 0 unspecified atom stereocenters. The minimum absolute atomic E-state index is 0. The fourth-order valence-corrected chi connectivity index (χ4v) is 3.16. The summed E-state index contributed by atoms with van der Waals surface area (Å²) in [7, 11) is 0. The summed E-state index contributed by atoms with van der Waals surface area (Å²) in [5.74, 6) is 1.82. The Labute approximate surface area is 140 Å². The van der Waals surface area contributed by atoms with Gasteiger partial charge in [0.2, 0.25) is 0 Å². The van der Waals surface area contributed by atoms with Crippen molar-refractivity contribution < 1.29 is 0 Å². The third-order valence-corrected chi connectivity index (χ3v) is 4.51. The number of nitrogens with zero attached hydrogens (tertiary/aromatic N) is 3. The molecule has 22 heavy (non-hydrogen) atoms. The van der Waals surface area contributed by atoms with E-state index in [0.29, 0.717) is 0 Å². The Morgan fingerprint density at radius 1 is 1.18 bits per heavy atom. The van der Waals surface area contributed by atoms with Crippen molar-refractivity contribution in [1.29, 1.82) is 0 Å². The Morgan fingerprint density at radius 3 is 2.73 bits per heavy atom. The molecule has 0 aromatic carbocycles. The number of nitrogens with one attached hydrogen (secondary N) is 1. The largest absolute Gasteiger partial charge is 0.365 e. The smallest absolute Gasteiger partial charge is 0.138 e. The maximum Gasteiger partial charge on any atom is 0.138 e. The Kier molecular flexibility index (Phi) is 5.69. The van der Waals surface area contributed by atoms with Gasteiger partial charge >= 0.3 is 0 Å². The molecule has 3 rings (SSSR count). The summed E-state index contributed by atoms with van der Waals surface area (Å²) in [4.78, 5) is 15.8. The molecule has 3 aromatic rings. The van der Waals surface area contributed by atoms with Gasteiger partial charge in [-0.3, -0.25) is 4.98 Å². The highest BCUT2D eigenvalue weighted by molar-refractivity contribution is 7.18. The predicted octanol–water partition coefficient (Wildman–Crippen LogP) is 4.25. The first kappa shape index (κ1) is 16.6. The number of fused-ring (bicyclic) bond motifs is 1. The molecular formula is C16H19ClN4S. The van der Waals surface area contributed by atoms with Crippen LogP contribution in [0.15, 0.2) is 30.6 Å². The third-order valence-electron chi connectivity index (χ3n) is 3.34. The lowest BCUT2D eigenvalue weighted by molar-refractivity contribution is 0.956. The van der Waals surface area contributed by atoms with Crippen LogP contribution in [0.5, 0.6) is 0 Å². The van der Waals surface area contributed by atoms with E-state index in [-0.39, 0.29) is 12.4 Å². The van der Waals surface area contributed by atoms with E-state index in [1.54, 1.807) is 17.5 Å². The maximum absolute atomic E-state index is 4.65. The molecule has 0 saturated heterocycles. The molecule has 0 bridgehead atoms. The Morgan fingerprint density at radius 2 is 2.05 bits per heavy atom. The molecule has 0 atom stereocenters. The highest BCUT2D eigenvalue weighted by Gasteiger charge is 2.10. The number of anilines is 1. The van der Waals surface area contributed by atoms with Crippen molar-refractivity contribution >= 4 is 39.8 Å². The third kappa shape index (κ3) is 3.54. The number of aromatic nitrogens is 3. The fourth-order valence-electron chi connectivity index (χ4n) is 2.17. The molecule has 3 heterocycles. The standard InChI is InChI=1S/C16H18N4S.ClH/c1-3-12-8-13-15(18-10-11-6-5-7-17-9-11)19-14(4-2)20-16(13)21-12;/h5-9H,3-4,10H2,1-2H3,(H,18,19,20);1H. The molecule has 1 N–H and O–H groups in total. The zero-order valence-electron chi connectivity index (χ0n) is 12.7. The summed E-state index contributed by atoms with van der Waals surface area (Å²) in [5, 5.41) is 4.55. The lowest BCUT2D eigenvalue weighted by atomic mass is 10.2. The number of aryl methyl sites for hydroxylation is 2. The number of rotatable bonds is 5. The molecule has 3 aromatic heterocycles. The van der Waals surface area contributed by atoms with Crippen LogP contribution in [-0.2, 0) is 19.4 Å². The minimum Gasteiger partial charge on any atom is -0.365 e. The molecule has 0 saturated carbocycles. The van der Waals surface area contributed by atoms with Gasteiger partial charge in [0.15, 0.2) is 0 Å². The van der Waals surface area contributed by atoms with Gasteiger partial charge in [0, 0.05) is 30.2 Å². The van der Waals surface area contributed by atoms with Gasteiger partial charge < -0.3 is 5.32 Å². The molecule has 0 aliphatic heterocycles. The second kappa shape index (κ2) is 7.51. The lowest BCUT2D eigenvalue weighted by Crippen LogP contribution is -2.04. The van der Waals surface area contributed by atoms with Crippen LogP contribution in [0.1, 0.15) is 30.1 Å². The van der Waals surface area contributed by atoms with Crippen molar-refractivity contribution in [2.24, 2.45) is 0 Å². The van der Waals surface area contributed by atoms with Gasteiger partial charge in [-0.25, -0.2) is 9.97 Å². The van der Waals surface area contributed by atoms with E-state index < -0.39 is 0 Å². The van der Waals surface area contributed by atoms with E-state index in [9.17, 15) is 0 Å². The molecule has 0 fully saturated rings. The zero-order chi connectivity index (χ0) is 14.7. The molecule has 0 spiro atoms. The number of hydrogen-bond acceptors (Lipinski definition) is 5. The van der Waals surface area contributed by atoms with E-state index >= 15 is 0 Å². The summed E-state index contributed by atoms with van der Waals surface area (Å²) < 4.78 is 0. The molecule has 4 nitrogen and oxygen atoms in total. The maximum atomic E-state index is 4.65. The van der Waals surface area contributed by atoms with E-state index in [1.165, 1.54) is 4.88 Å². The topological polar surface area (TPSA) is 50.7 Å². The summed E-state index contributed by atoms with van der Waals surface area (Å²) in [6.07, 6.45) is 5.53. The molecule has 116 valence electrons. The highest BCUT2D eigenvalue weighted by Crippen LogP contribution is 2.29. The first-order valence-electron chi connectivity index (χ1n) is 7.22. The summed E-state index contributed by atoms with van der Waals surface area (Å²) in [5.41, 5.74) is 1.15. The normalized spacial score (nSPS) is 10.5. The molecule has 0 aliphatic carbocycles. The second-order valence-corrected chi connectivity index (χ2v) is 5.96. The Balaban J connectivity index is 0.00000176. The summed E-state index contributed by atoms with van der Waals surface area (Å²) in [6.45, 7) is 4.97. The van der Waals surface area contributed by atoms with Crippen LogP contribution in [0.3, 0.4) is 0 Å². The van der Waals surface area contributed by atoms with Crippen molar-refractivity contribution in [1.82, 2.24) is 15.0 Å². The van der Waals surface area contributed by atoms with Crippen molar-refractivity contribution in [3.8, 4) is 0 Å². The number of hydrogen-bond donors (Lipinski definition) is 1. The van der Waals surface area contributed by atoms with Crippen LogP contribution in [0.4, 0.5) is 5.82 Å². The number of thiophene rings is 1. The fraction of sp³-hybridized carbons (Fsp3) is 0.312. The monoisotopic (exact) mass is 334 g/mol. The Bertz CT molecular complexity index is 742. The van der Waals surface area contributed by atoms with Crippen LogP contribution in [0.2, 0.25) is 0 Å². The van der Waals surface area contributed by atoms with Gasteiger partial charge in [-0.2, -0.15) is 0 Å². The van der Waals surface area contributed by atoms with Crippen LogP contribution in [0.25, 0.3) is 10.2 Å². The molecule has 0 radical (unpaired) electrons. The minimum atomic E-state index is 0. The number of halogens is 1. The average molecular weight is 335 g/mol. The van der Waals surface area contributed by atoms with Gasteiger partial charge in [-0.05, 0) is 24.1 Å². The van der Waals surface area contributed by atoms with Gasteiger partial charge in [0.05, 0.1) is 5.39 Å². The molecular weight excluding hydrogens is 316 g/mol. The van der Waals surface area contributed by atoms with Crippen molar-refractivity contribution in [2.45, 2.75) is 33.2 Å². The molecule has 6 heteroatoms. The average Bonchev–Trinajstić information content (AvgIpc) is 2.96. The van der Waals surface area contributed by atoms with Crippen molar-refractivity contribution in [2.75, 3.05) is 5.32 Å². The Hall–Kier alpha value is -1.72. The highest BCUT2D eigenvalue weighted by atomic mass is 35.5. The first-order valence-corrected chi connectivity index (χ1v) is 8.04. The quantitative estimate of drug-likeness (QED) is 0.758. The van der Waals surface area contributed by atoms with Gasteiger partial charge in [-0.1, -0.05) is 19.9 Å². The molecule has 0 aliphatic rings. The van der Waals surface area contributed by atoms with E-state index in [2.05, 4.69) is 46.2 Å². The van der Waals surface area contributed by atoms with Crippen LogP contribution >= 0.6 is 23.7 Å². The SMILES string of the molecule is CCc1nc(NCc2cccnc2)c2cc(CC)sc2n1.Cl. The van der Waals surface area contributed by atoms with Gasteiger partial charge in [0.25, 0.3) is 0 Å². The zero-order valence-corrected chi connectivity index (χ0v) is 14.3. The van der Waals surface area contributed by atoms with Crippen molar-refractivity contribution in [3.63, 3.8) is 0 Å². The van der Waals surface area contributed by atoms with Gasteiger partial charge in [0.1, 0.15) is 16.5 Å². The predicted molar refractivity (Wildman–Crippen MR) is 95.0 cm³/mol.